The molecule has 27 heavy (non-hydrogen) atoms. The van der Waals surface area contributed by atoms with E-state index < -0.39 is 17.3 Å². The highest BCUT2D eigenvalue weighted by Crippen LogP contribution is 2.56. The van der Waals surface area contributed by atoms with Crippen molar-refractivity contribution in [2.24, 2.45) is 22.6 Å². The number of pyridine rings is 2. The summed E-state index contributed by atoms with van der Waals surface area (Å²) in [4.78, 5) is 24.9. The summed E-state index contributed by atoms with van der Waals surface area (Å²) in [6, 6.07) is 5.70. The summed E-state index contributed by atoms with van der Waals surface area (Å²) >= 11 is 5.78. The first-order chi connectivity index (χ1) is 12.8. The maximum atomic E-state index is 14.6. The number of carbonyl (C=O) groups is 1. The lowest BCUT2D eigenvalue weighted by atomic mass is 9.89. The van der Waals surface area contributed by atoms with Gasteiger partial charge in [-0.15, -0.1) is 0 Å². The first kappa shape index (κ1) is 17.7. The Morgan fingerprint density at radius 1 is 1.37 bits per heavy atom. The average molecular weight is 390 g/mol. The van der Waals surface area contributed by atoms with Crippen LogP contribution in [0.3, 0.4) is 0 Å². The molecule has 7 nitrogen and oxygen atoms in total. The molecule has 3 heterocycles. The van der Waals surface area contributed by atoms with Crippen LogP contribution in [0, 0.1) is 17.7 Å². The number of ether oxygens (including phenoxy) is 1. The summed E-state index contributed by atoms with van der Waals surface area (Å²) in [5, 5.41) is 3.04. The van der Waals surface area contributed by atoms with Gasteiger partial charge < -0.3 is 15.8 Å². The van der Waals surface area contributed by atoms with E-state index in [4.69, 9.17) is 22.1 Å². The molecule has 2 aliphatic rings. The number of nitrogens with two attached hydrogens (primary N) is 1. The van der Waals surface area contributed by atoms with Crippen molar-refractivity contribution in [2.45, 2.75) is 25.5 Å². The smallest absolute Gasteiger partial charge is 0.283 e. The molecular weight excluding hydrogens is 373 g/mol. The van der Waals surface area contributed by atoms with Crippen LogP contribution in [-0.4, -0.2) is 28.0 Å². The van der Waals surface area contributed by atoms with E-state index in [1.54, 1.807) is 13.0 Å². The van der Waals surface area contributed by atoms with Crippen molar-refractivity contribution in [3.8, 4) is 0 Å². The van der Waals surface area contributed by atoms with E-state index >= 15 is 0 Å². The minimum absolute atomic E-state index is 0.0177. The minimum atomic E-state index is -0.963. The van der Waals surface area contributed by atoms with Gasteiger partial charge in [0, 0.05) is 18.0 Å². The predicted molar refractivity (Wildman–Crippen MR) is 97.9 cm³/mol. The highest BCUT2D eigenvalue weighted by molar-refractivity contribution is 6.30. The SMILES string of the molecule is C[C@@H]1C2OC(N)=N[C@@](C)(c3nc(NC(=O)c4ccc(Cl)cn4)ccc3F)C21. The zero-order valence-electron chi connectivity index (χ0n) is 14.6. The van der Waals surface area contributed by atoms with Crippen molar-refractivity contribution >= 4 is 29.3 Å². The molecule has 0 radical (unpaired) electrons. The van der Waals surface area contributed by atoms with Gasteiger partial charge in [0.1, 0.15) is 34.7 Å². The number of aliphatic imine (C=N–C) groups is 1. The van der Waals surface area contributed by atoms with Crippen LogP contribution in [-0.2, 0) is 10.3 Å². The van der Waals surface area contributed by atoms with E-state index in [9.17, 15) is 9.18 Å². The number of carbonyl (C=O) groups excluding carboxylic acids is 1. The largest absolute Gasteiger partial charge is 0.461 e. The molecule has 2 aromatic heterocycles. The molecule has 1 aliphatic carbocycles. The summed E-state index contributed by atoms with van der Waals surface area (Å²) < 4.78 is 20.1. The van der Waals surface area contributed by atoms with Crippen molar-refractivity contribution < 1.29 is 13.9 Å². The lowest BCUT2D eigenvalue weighted by molar-refractivity contribution is 0.102. The molecule has 9 heteroatoms. The topological polar surface area (TPSA) is 102 Å². The fourth-order valence-corrected chi connectivity index (χ4v) is 3.79. The number of fused-ring (bicyclic) bond motifs is 1. The number of nitrogens with one attached hydrogen (secondary N) is 1. The number of hydrogen-bond donors (Lipinski definition) is 2. The molecule has 4 atom stereocenters. The van der Waals surface area contributed by atoms with Gasteiger partial charge in [0.15, 0.2) is 0 Å². The second-order valence-electron chi connectivity index (χ2n) is 6.91. The summed E-state index contributed by atoms with van der Waals surface area (Å²) in [6.07, 6.45) is 1.26. The Morgan fingerprint density at radius 2 is 2.15 bits per heavy atom. The summed E-state index contributed by atoms with van der Waals surface area (Å²) in [5.41, 5.74) is 5.10. The standard InChI is InChI=1S/C18H17ClFN5O2/c1-8-13-14(8)27-17(21)25-18(13,2)15-10(20)4-6-12(23-15)24-16(26)11-5-3-9(19)7-22-11/h3-8,13-14H,1-2H3,(H2,21,25)(H,23,24,26)/t8-,13?,14?,18+/m0/s1. The molecule has 0 spiro atoms. The molecular formula is C18H17ClFN5O2. The Bertz CT molecular complexity index is 951. The van der Waals surface area contributed by atoms with Crippen LogP contribution in [0.25, 0.3) is 0 Å². The number of rotatable bonds is 3. The van der Waals surface area contributed by atoms with E-state index in [1.165, 1.54) is 24.4 Å². The highest BCUT2D eigenvalue weighted by Gasteiger charge is 2.63. The van der Waals surface area contributed by atoms with Gasteiger partial charge in [-0.25, -0.2) is 19.4 Å². The van der Waals surface area contributed by atoms with Gasteiger partial charge in [-0.1, -0.05) is 18.5 Å². The van der Waals surface area contributed by atoms with E-state index in [1.807, 2.05) is 6.92 Å². The van der Waals surface area contributed by atoms with Crippen LogP contribution < -0.4 is 11.1 Å². The molecule has 2 unspecified atom stereocenters. The van der Waals surface area contributed by atoms with Crippen molar-refractivity contribution in [2.75, 3.05) is 5.32 Å². The molecule has 0 saturated heterocycles. The number of aromatic nitrogens is 2. The van der Waals surface area contributed by atoms with Crippen molar-refractivity contribution in [3.63, 3.8) is 0 Å². The maximum absolute atomic E-state index is 14.6. The van der Waals surface area contributed by atoms with Crippen LogP contribution >= 0.6 is 11.6 Å². The lowest BCUT2D eigenvalue weighted by Gasteiger charge is -2.29. The molecule has 0 bridgehead atoms. The Balaban J connectivity index is 1.65. The normalized spacial score (nSPS) is 28.6. The maximum Gasteiger partial charge on any atom is 0.283 e. The number of amidine groups is 1. The Hall–Kier alpha value is -2.74. The predicted octanol–water partition coefficient (Wildman–Crippen LogP) is 2.72. The van der Waals surface area contributed by atoms with Gasteiger partial charge >= 0.3 is 0 Å². The lowest BCUT2D eigenvalue weighted by Crippen LogP contribution is -2.36. The van der Waals surface area contributed by atoms with Crippen LogP contribution in [0.4, 0.5) is 10.2 Å². The molecule has 1 saturated carbocycles. The van der Waals surface area contributed by atoms with Crippen molar-refractivity contribution in [1.29, 1.82) is 0 Å². The Kier molecular flexibility index (Phi) is 4.03. The van der Waals surface area contributed by atoms with E-state index in [0.717, 1.165) is 0 Å². The molecule has 4 rings (SSSR count). The average Bonchev–Trinajstić information content (AvgIpc) is 3.27. The number of hydrogen-bond acceptors (Lipinski definition) is 6. The monoisotopic (exact) mass is 389 g/mol. The number of halogens is 2. The first-order valence-corrected chi connectivity index (χ1v) is 8.79. The molecule has 3 N–H and O–H groups in total. The second-order valence-corrected chi connectivity index (χ2v) is 7.34. The van der Waals surface area contributed by atoms with Crippen molar-refractivity contribution in [1.82, 2.24) is 9.97 Å². The van der Waals surface area contributed by atoms with Crippen LogP contribution in [0.2, 0.25) is 5.02 Å². The summed E-state index contributed by atoms with van der Waals surface area (Å²) in [5.74, 6) is -0.654. The molecule has 1 aliphatic heterocycles. The van der Waals surface area contributed by atoms with Gasteiger partial charge in [-0.05, 0) is 31.2 Å². The summed E-state index contributed by atoms with van der Waals surface area (Å²) in [7, 11) is 0. The Morgan fingerprint density at radius 3 is 2.85 bits per heavy atom. The van der Waals surface area contributed by atoms with E-state index in [0.29, 0.717) is 5.02 Å². The van der Waals surface area contributed by atoms with E-state index in [-0.39, 0.29) is 41.2 Å². The number of anilines is 1. The number of nitrogens with zero attached hydrogens (tertiary/aromatic N) is 3. The molecule has 140 valence electrons. The quantitative estimate of drug-likeness (QED) is 0.840. The molecule has 0 aromatic carbocycles. The Labute approximate surface area is 159 Å². The third kappa shape index (κ3) is 2.99. The third-order valence-corrected chi connectivity index (χ3v) is 5.30. The van der Waals surface area contributed by atoms with Crippen molar-refractivity contribution in [3.05, 3.63) is 52.7 Å². The number of amides is 1. The zero-order chi connectivity index (χ0) is 19.3. The molecule has 2 aromatic rings. The fourth-order valence-electron chi connectivity index (χ4n) is 3.68. The fraction of sp³-hybridized carbons (Fsp3) is 0.333. The van der Waals surface area contributed by atoms with Gasteiger partial charge in [0.2, 0.25) is 0 Å². The van der Waals surface area contributed by atoms with E-state index in [2.05, 4.69) is 20.3 Å². The highest BCUT2D eigenvalue weighted by atomic mass is 35.5. The molecule has 1 fully saturated rings. The van der Waals surface area contributed by atoms with Gasteiger partial charge in [0.25, 0.3) is 11.9 Å². The van der Waals surface area contributed by atoms with Crippen LogP contribution in [0.5, 0.6) is 0 Å². The van der Waals surface area contributed by atoms with Crippen LogP contribution in [0.15, 0.2) is 35.5 Å². The minimum Gasteiger partial charge on any atom is -0.461 e. The second kappa shape index (κ2) is 6.16. The van der Waals surface area contributed by atoms with Gasteiger partial charge in [-0.3, -0.25) is 4.79 Å². The molecule has 1 amide bonds. The van der Waals surface area contributed by atoms with Crippen LogP contribution in [0.1, 0.15) is 30.0 Å². The van der Waals surface area contributed by atoms with Gasteiger partial charge in [0.05, 0.1) is 5.02 Å². The third-order valence-electron chi connectivity index (χ3n) is 5.07. The summed E-state index contributed by atoms with van der Waals surface area (Å²) in [6.45, 7) is 3.78. The van der Waals surface area contributed by atoms with Gasteiger partial charge in [-0.2, -0.15) is 0 Å². The zero-order valence-corrected chi connectivity index (χ0v) is 15.4. The first-order valence-electron chi connectivity index (χ1n) is 8.41.